The Balaban J connectivity index is 2.30. The molecule has 1 N–H and O–H groups in total. The summed E-state index contributed by atoms with van der Waals surface area (Å²) in [4.78, 5) is 16.2. The molecule has 0 saturated carbocycles. The van der Waals surface area contributed by atoms with Crippen LogP contribution < -0.4 is 5.43 Å². The molecule has 3 aromatic carbocycles. The van der Waals surface area contributed by atoms with Gasteiger partial charge in [0.1, 0.15) is 0 Å². The number of aryl methyl sites for hydroxylation is 2. The van der Waals surface area contributed by atoms with Gasteiger partial charge in [-0.2, -0.15) is 0 Å². The lowest BCUT2D eigenvalue weighted by atomic mass is 10.0. The Morgan fingerprint density at radius 1 is 0.762 bits per heavy atom. The van der Waals surface area contributed by atoms with E-state index in [2.05, 4.69) is 30.1 Å². The standard InChI is InChI=1S/C19H15NO/c1-11-3-5-13-6-8-15-18(16(13)9-11)20-17-10-12(2)4-7-14(17)19(15)21/h3-10H,1-2H3,(H,20,21). The summed E-state index contributed by atoms with van der Waals surface area (Å²) in [6, 6.07) is 16.2. The van der Waals surface area contributed by atoms with Crippen molar-refractivity contribution in [3.05, 3.63) is 69.9 Å². The third-order valence-electron chi connectivity index (χ3n) is 4.10. The third kappa shape index (κ3) is 1.76. The molecule has 0 unspecified atom stereocenters. The summed E-state index contributed by atoms with van der Waals surface area (Å²) in [5.74, 6) is 0. The Morgan fingerprint density at radius 3 is 2.29 bits per heavy atom. The SMILES string of the molecule is Cc1ccc2c(=O)c3ccc4ccc(C)cc4c3[nH]c2c1. The van der Waals surface area contributed by atoms with Crippen LogP contribution in [0.4, 0.5) is 0 Å². The van der Waals surface area contributed by atoms with Crippen molar-refractivity contribution >= 4 is 32.6 Å². The fourth-order valence-corrected chi connectivity index (χ4v) is 3.00. The summed E-state index contributed by atoms with van der Waals surface area (Å²) < 4.78 is 0. The molecule has 1 heterocycles. The lowest BCUT2D eigenvalue weighted by molar-refractivity contribution is 1.43. The van der Waals surface area contributed by atoms with Crippen LogP contribution in [0, 0.1) is 13.8 Å². The first-order chi connectivity index (χ1) is 10.1. The van der Waals surface area contributed by atoms with Gasteiger partial charge in [-0.25, -0.2) is 0 Å². The maximum absolute atomic E-state index is 12.7. The first-order valence-electron chi connectivity index (χ1n) is 7.09. The van der Waals surface area contributed by atoms with Crippen LogP contribution >= 0.6 is 0 Å². The van der Waals surface area contributed by atoms with E-state index in [9.17, 15) is 4.79 Å². The van der Waals surface area contributed by atoms with Gasteiger partial charge in [0.25, 0.3) is 0 Å². The van der Waals surface area contributed by atoms with E-state index >= 15 is 0 Å². The predicted molar refractivity (Wildman–Crippen MR) is 89.1 cm³/mol. The van der Waals surface area contributed by atoms with E-state index in [-0.39, 0.29) is 5.43 Å². The number of nitrogens with one attached hydrogen (secondary N) is 1. The number of benzene rings is 3. The second kappa shape index (κ2) is 4.19. The Bertz CT molecular complexity index is 1070. The van der Waals surface area contributed by atoms with Crippen molar-refractivity contribution in [3.8, 4) is 0 Å². The highest BCUT2D eigenvalue weighted by Crippen LogP contribution is 2.25. The van der Waals surface area contributed by atoms with Gasteiger partial charge in [-0.15, -0.1) is 0 Å². The normalized spacial score (nSPS) is 11.5. The predicted octanol–water partition coefficient (Wildman–Crippen LogP) is 4.45. The molecule has 2 nitrogen and oxygen atoms in total. The quantitative estimate of drug-likeness (QED) is 0.372. The van der Waals surface area contributed by atoms with Crippen molar-refractivity contribution < 1.29 is 0 Å². The van der Waals surface area contributed by atoms with Gasteiger partial charge >= 0.3 is 0 Å². The van der Waals surface area contributed by atoms with E-state index in [0.717, 1.165) is 38.1 Å². The Morgan fingerprint density at radius 2 is 1.43 bits per heavy atom. The summed E-state index contributed by atoms with van der Waals surface area (Å²) in [7, 11) is 0. The van der Waals surface area contributed by atoms with E-state index in [0.29, 0.717) is 0 Å². The number of rotatable bonds is 0. The van der Waals surface area contributed by atoms with Gasteiger partial charge in [-0.1, -0.05) is 29.8 Å². The second-order valence-corrected chi connectivity index (χ2v) is 5.72. The van der Waals surface area contributed by atoms with Crippen LogP contribution in [0.25, 0.3) is 32.6 Å². The molecule has 4 aromatic rings. The molecule has 0 aliphatic rings. The largest absolute Gasteiger partial charge is 0.354 e. The van der Waals surface area contributed by atoms with Gasteiger partial charge in [0, 0.05) is 16.2 Å². The van der Waals surface area contributed by atoms with Crippen LogP contribution in [0.3, 0.4) is 0 Å². The Kier molecular flexibility index (Phi) is 2.43. The molecule has 0 bridgehead atoms. The maximum Gasteiger partial charge on any atom is 0.197 e. The van der Waals surface area contributed by atoms with Crippen LogP contribution in [0.1, 0.15) is 11.1 Å². The van der Waals surface area contributed by atoms with Crippen molar-refractivity contribution in [2.24, 2.45) is 0 Å². The second-order valence-electron chi connectivity index (χ2n) is 5.72. The van der Waals surface area contributed by atoms with Gasteiger partial charge in [0.05, 0.1) is 11.0 Å². The highest BCUT2D eigenvalue weighted by atomic mass is 16.1. The molecular weight excluding hydrogens is 258 g/mol. The summed E-state index contributed by atoms with van der Waals surface area (Å²) in [5.41, 5.74) is 4.28. The van der Waals surface area contributed by atoms with Crippen molar-refractivity contribution in [2.75, 3.05) is 0 Å². The molecule has 0 atom stereocenters. The molecule has 21 heavy (non-hydrogen) atoms. The molecule has 0 aliphatic heterocycles. The van der Waals surface area contributed by atoms with E-state index < -0.39 is 0 Å². The van der Waals surface area contributed by atoms with Gasteiger partial charge < -0.3 is 4.98 Å². The van der Waals surface area contributed by atoms with Crippen LogP contribution in [-0.2, 0) is 0 Å². The molecule has 102 valence electrons. The van der Waals surface area contributed by atoms with Crippen LogP contribution in [0.15, 0.2) is 53.3 Å². The molecule has 4 rings (SSSR count). The smallest absolute Gasteiger partial charge is 0.197 e. The fraction of sp³-hybridized carbons (Fsp3) is 0.105. The number of aromatic nitrogens is 1. The first kappa shape index (κ1) is 12.2. The number of H-pyrrole nitrogens is 1. The first-order valence-corrected chi connectivity index (χ1v) is 7.09. The molecule has 1 aromatic heterocycles. The molecule has 0 amide bonds. The minimum absolute atomic E-state index is 0.0992. The number of aromatic amines is 1. The van der Waals surface area contributed by atoms with Crippen LogP contribution in [0.5, 0.6) is 0 Å². The molecule has 0 aliphatic carbocycles. The lowest BCUT2D eigenvalue weighted by Crippen LogP contribution is -2.04. The van der Waals surface area contributed by atoms with Crippen molar-refractivity contribution in [1.29, 1.82) is 0 Å². The highest BCUT2D eigenvalue weighted by molar-refractivity contribution is 6.08. The number of fused-ring (bicyclic) bond motifs is 4. The summed E-state index contributed by atoms with van der Waals surface area (Å²) in [6.07, 6.45) is 0. The van der Waals surface area contributed by atoms with E-state index in [1.54, 1.807) is 0 Å². The summed E-state index contributed by atoms with van der Waals surface area (Å²) in [6.45, 7) is 4.11. The summed E-state index contributed by atoms with van der Waals surface area (Å²) >= 11 is 0. The summed E-state index contributed by atoms with van der Waals surface area (Å²) in [5, 5.41) is 3.76. The molecule has 0 fully saturated rings. The molecule has 0 saturated heterocycles. The van der Waals surface area contributed by atoms with E-state index in [4.69, 9.17) is 0 Å². The zero-order valence-corrected chi connectivity index (χ0v) is 12.0. The van der Waals surface area contributed by atoms with Gasteiger partial charge in [-0.3, -0.25) is 4.79 Å². The van der Waals surface area contributed by atoms with Crippen molar-refractivity contribution in [1.82, 2.24) is 4.98 Å². The number of pyridine rings is 1. The Labute approximate surface area is 122 Å². The van der Waals surface area contributed by atoms with Gasteiger partial charge in [0.15, 0.2) is 5.43 Å². The maximum atomic E-state index is 12.7. The molecular formula is C19H15NO. The van der Waals surface area contributed by atoms with Crippen molar-refractivity contribution in [3.63, 3.8) is 0 Å². The topological polar surface area (TPSA) is 32.9 Å². The molecule has 0 radical (unpaired) electrons. The average molecular weight is 273 g/mol. The highest BCUT2D eigenvalue weighted by Gasteiger charge is 2.08. The Hall–Kier alpha value is -2.61. The minimum Gasteiger partial charge on any atom is -0.354 e. The third-order valence-corrected chi connectivity index (χ3v) is 4.10. The van der Waals surface area contributed by atoms with Crippen LogP contribution in [-0.4, -0.2) is 4.98 Å². The minimum atomic E-state index is 0.0992. The fourth-order valence-electron chi connectivity index (χ4n) is 3.00. The van der Waals surface area contributed by atoms with Crippen LogP contribution in [0.2, 0.25) is 0 Å². The zero-order chi connectivity index (χ0) is 14.6. The zero-order valence-electron chi connectivity index (χ0n) is 12.0. The average Bonchev–Trinajstić information content (AvgIpc) is 2.47. The molecule has 0 spiro atoms. The van der Waals surface area contributed by atoms with Crippen molar-refractivity contribution in [2.45, 2.75) is 13.8 Å². The van der Waals surface area contributed by atoms with Gasteiger partial charge in [-0.05, 0) is 49.1 Å². The molecule has 2 heteroatoms. The number of hydrogen-bond donors (Lipinski definition) is 1. The lowest BCUT2D eigenvalue weighted by Gasteiger charge is -2.07. The number of hydrogen-bond acceptors (Lipinski definition) is 1. The monoisotopic (exact) mass is 273 g/mol. The van der Waals surface area contributed by atoms with E-state index in [1.165, 1.54) is 5.56 Å². The van der Waals surface area contributed by atoms with Gasteiger partial charge in [0.2, 0.25) is 0 Å². The van der Waals surface area contributed by atoms with E-state index in [1.807, 2.05) is 37.3 Å².